The van der Waals surface area contributed by atoms with Gasteiger partial charge in [0.2, 0.25) is 0 Å². The van der Waals surface area contributed by atoms with Crippen LogP contribution in [0, 0.1) is 0 Å². The second-order valence-electron chi connectivity index (χ2n) is 2.55. The predicted octanol–water partition coefficient (Wildman–Crippen LogP) is 0.853. The summed E-state index contributed by atoms with van der Waals surface area (Å²) in [5, 5.41) is 7.48. The van der Waals surface area contributed by atoms with Crippen LogP contribution in [-0.4, -0.2) is 34.8 Å². The van der Waals surface area contributed by atoms with Gasteiger partial charge in [-0.1, -0.05) is 31.8 Å². The molecule has 0 radical (unpaired) electrons. The van der Waals surface area contributed by atoms with Gasteiger partial charge in [-0.25, -0.2) is 0 Å². The quantitative estimate of drug-likeness (QED) is 0.701. The summed E-state index contributed by atoms with van der Waals surface area (Å²) in [6, 6.07) is 0.681. The first-order valence-corrected chi connectivity index (χ1v) is 6.43. The van der Waals surface area contributed by atoms with Crippen molar-refractivity contribution >= 4 is 33.6 Å². The van der Waals surface area contributed by atoms with E-state index in [9.17, 15) is 0 Å². The Morgan fingerprint density at radius 3 is 2.46 bits per heavy atom. The van der Waals surface area contributed by atoms with Gasteiger partial charge in [0.25, 0.3) is 0 Å². The van der Waals surface area contributed by atoms with E-state index in [2.05, 4.69) is 15.1 Å². The molecule has 1 saturated heterocycles. The van der Waals surface area contributed by atoms with E-state index in [1.807, 2.05) is 21.6 Å². The maximum Gasteiger partial charge on any atom is 0.319 e. The highest BCUT2D eigenvalue weighted by atomic mass is 33.1. The van der Waals surface area contributed by atoms with Crippen molar-refractivity contribution in [1.29, 1.82) is 0 Å². The fraction of sp³-hybridized carbons (Fsp3) is 0.667. The van der Waals surface area contributed by atoms with Gasteiger partial charge in [-0.15, -0.1) is 0 Å². The first kappa shape index (κ1) is 9.01. The molecule has 1 aromatic rings. The van der Waals surface area contributed by atoms with Crippen LogP contribution in [0.5, 0.6) is 0 Å². The summed E-state index contributed by atoms with van der Waals surface area (Å²) in [6.07, 6.45) is 0. The van der Waals surface area contributed by atoms with E-state index in [1.165, 1.54) is 0 Å². The average molecular weight is 218 g/mol. The Labute approximate surface area is 83.8 Å². The maximum absolute atomic E-state index is 5.35. The lowest BCUT2D eigenvalue weighted by atomic mass is 10.5. The second-order valence-corrected chi connectivity index (χ2v) is 5.26. The Bertz CT molecular complexity index is 271. The van der Waals surface area contributed by atoms with Crippen molar-refractivity contribution in [2.75, 3.05) is 35.2 Å². The normalized spacial score (nSPS) is 18.6. The summed E-state index contributed by atoms with van der Waals surface area (Å²) in [6.45, 7) is 1.89. The largest absolute Gasteiger partial charge is 0.390 e. The summed E-state index contributed by atoms with van der Waals surface area (Å²) < 4.78 is 5.14. The van der Waals surface area contributed by atoms with Gasteiger partial charge in [0, 0.05) is 24.6 Å². The van der Waals surface area contributed by atoms with Crippen molar-refractivity contribution in [3.05, 3.63) is 0 Å². The zero-order chi connectivity index (χ0) is 9.10. The summed E-state index contributed by atoms with van der Waals surface area (Å²) in [7, 11) is 3.75. The van der Waals surface area contributed by atoms with E-state index in [0.717, 1.165) is 24.6 Å². The highest BCUT2D eigenvalue weighted by Crippen LogP contribution is 2.26. The van der Waals surface area contributed by atoms with Crippen LogP contribution >= 0.6 is 21.6 Å². The minimum atomic E-state index is 0.138. The molecule has 0 aliphatic carbocycles. The summed E-state index contributed by atoms with van der Waals surface area (Å²) >= 11 is 0. The molecule has 5 nitrogen and oxygen atoms in total. The maximum atomic E-state index is 5.35. The first-order chi connectivity index (χ1) is 6.36. The molecule has 0 atom stereocenters. The number of rotatable bonds is 1. The fourth-order valence-corrected chi connectivity index (χ4v) is 3.05. The molecule has 7 heteroatoms. The highest BCUT2D eigenvalue weighted by Gasteiger charge is 2.15. The van der Waals surface area contributed by atoms with Crippen molar-refractivity contribution in [2.24, 2.45) is 0 Å². The zero-order valence-electron chi connectivity index (χ0n) is 6.97. The lowest BCUT2D eigenvalue weighted by Gasteiger charge is -2.15. The van der Waals surface area contributed by atoms with E-state index < -0.39 is 0 Å². The monoisotopic (exact) mass is 218 g/mol. The number of nitrogen functional groups attached to an aromatic ring is 1. The number of hydrogen-bond donors (Lipinski definition) is 1. The molecule has 0 amide bonds. The fourth-order valence-electron chi connectivity index (χ4n) is 1.07. The van der Waals surface area contributed by atoms with Crippen LogP contribution in [0.4, 0.5) is 12.0 Å². The molecule has 2 N–H and O–H groups in total. The Kier molecular flexibility index (Phi) is 2.84. The number of aromatic nitrogens is 2. The molecule has 2 heterocycles. The first-order valence-electron chi connectivity index (χ1n) is 3.94. The molecule has 1 fully saturated rings. The molecule has 13 heavy (non-hydrogen) atoms. The van der Waals surface area contributed by atoms with E-state index >= 15 is 0 Å². The predicted molar refractivity (Wildman–Crippen MR) is 55.8 cm³/mol. The molecule has 1 aliphatic heterocycles. The summed E-state index contributed by atoms with van der Waals surface area (Å²) in [5.41, 5.74) is 5.35. The van der Waals surface area contributed by atoms with Crippen LogP contribution in [0.15, 0.2) is 4.42 Å². The SMILES string of the molecule is Nc1nnc(N2CCSSCC2)o1. The number of nitrogens with two attached hydrogens (primary N) is 1. The molecule has 1 aliphatic rings. The lowest BCUT2D eigenvalue weighted by Crippen LogP contribution is -2.26. The molecule has 1 aromatic heterocycles. The molecule has 0 bridgehead atoms. The molecular weight excluding hydrogens is 208 g/mol. The smallest absolute Gasteiger partial charge is 0.319 e. The van der Waals surface area contributed by atoms with Crippen molar-refractivity contribution < 1.29 is 4.42 Å². The van der Waals surface area contributed by atoms with Crippen molar-refractivity contribution in [2.45, 2.75) is 0 Å². The Morgan fingerprint density at radius 2 is 1.92 bits per heavy atom. The lowest BCUT2D eigenvalue weighted by molar-refractivity contribution is 0.556. The van der Waals surface area contributed by atoms with E-state index in [1.54, 1.807) is 0 Å². The third-order valence-electron chi connectivity index (χ3n) is 1.67. The molecule has 72 valence electrons. The third kappa shape index (κ3) is 2.22. The van der Waals surface area contributed by atoms with Gasteiger partial charge in [-0.3, -0.25) is 0 Å². The molecule has 0 spiro atoms. The van der Waals surface area contributed by atoms with Crippen LogP contribution in [0.1, 0.15) is 0 Å². The van der Waals surface area contributed by atoms with Crippen LogP contribution < -0.4 is 10.6 Å². The second kappa shape index (κ2) is 4.10. The number of anilines is 2. The van der Waals surface area contributed by atoms with Crippen LogP contribution in [0.2, 0.25) is 0 Å². The molecule has 2 rings (SSSR count). The standard InChI is InChI=1S/C6H10N4OS2/c7-5-8-9-6(11-5)10-1-3-12-13-4-2-10/h1-4H2,(H2,7,8). The molecule has 0 unspecified atom stereocenters. The van der Waals surface area contributed by atoms with Crippen LogP contribution in [0.25, 0.3) is 0 Å². The Morgan fingerprint density at radius 1 is 1.23 bits per heavy atom. The van der Waals surface area contributed by atoms with E-state index in [4.69, 9.17) is 10.2 Å². The van der Waals surface area contributed by atoms with Crippen molar-refractivity contribution in [1.82, 2.24) is 10.2 Å². The van der Waals surface area contributed by atoms with Gasteiger partial charge >= 0.3 is 12.0 Å². The van der Waals surface area contributed by atoms with Crippen LogP contribution in [-0.2, 0) is 0 Å². The van der Waals surface area contributed by atoms with Crippen LogP contribution in [0.3, 0.4) is 0 Å². The molecular formula is C6H10N4OS2. The highest BCUT2D eigenvalue weighted by molar-refractivity contribution is 8.76. The average Bonchev–Trinajstić information content (AvgIpc) is 2.43. The zero-order valence-corrected chi connectivity index (χ0v) is 8.61. The topological polar surface area (TPSA) is 68.2 Å². The Balaban J connectivity index is 2.06. The minimum Gasteiger partial charge on any atom is -0.390 e. The van der Waals surface area contributed by atoms with Gasteiger partial charge in [0.15, 0.2) is 0 Å². The van der Waals surface area contributed by atoms with Crippen molar-refractivity contribution in [3.63, 3.8) is 0 Å². The van der Waals surface area contributed by atoms with E-state index in [-0.39, 0.29) is 6.01 Å². The Hall–Kier alpha value is -0.560. The molecule has 0 saturated carbocycles. The van der Waals surface area contributed by atoms with Gasteiger partial charge in [0.05, 0.1) is 0 Å². The number of hydrogen-bond acceptors (Lipinski definition) is 7. The third-order valence-corrected chi connectivity index (χ3v) is 4.04. The van der Waals surface area contributed by atoms with Gasteiger partial charge in [-0.2, -0.15) is 0 Å². The summed E-state index contributed by atoms with van der Waals surface area (Å²) in [4.78, 5) is 2.07. The van der Waals surface area contributed by atoms with Gasteiger partial charge < -0.3 is 15.1 Å². The van der Waals surface area contributed by atoms with Gasteiger partial charge in [-0.05, 0) is 0 Å². The minimum absolute atomic E-state index is 0.138. The summed E-state index contributed by atoms with van der Waals surface area (Å²) in [5.74, 6) is 2.15. The van der Waals surface area contributed by atoms with Crippen molar-refractivity contribution in [3.8, 4) is 0 Å². The van der Waals surface area contributed by atoms with Gasteiger partial charge in [0.1, 0.15) is 0 Å². The van der Waals surface area contributed by atoms with E-state index in [0.29, 0.717) is 6.01 Å². The molecule has 0 aromatic carbocycles. The number of nitrogens with zero attached hydrogens (tertiary/aromatic N) is 3.